The summed E-state index contributed by atoms with van der Waals surface area (Å²) in [6.45, 7) is 0. The van der Waals surface area contributed by atoms with Gasteiger partial charge in [-0.2, -0.15) is 0 Å². The second-order valence-electron chi connectivity index (χ2n) is 2.73. The second kappa shape index (κ2) is 3.00. The van der Waals surface area contributed by atoms with E-state index >= 15 is 0 Å². The number of pyridine rings is 2. The van der Waals surface area contributed by atoms with Gasteiger partial charge in [0.2, 0.25) is 0 Å². The smallest absolute Gasteiger partial charge is 0.256 e. The van der Waals surface area contributed by atoms with E-state index in [9.17, 15) is 8.42 Å². The predicted molar refractivity (Wildman–Crippen MR) is 50.9 cm³/mol. The maximum Gasteiger partial charge on any atom is 0.256 e. The number of sulfonamides is 1. The molecule has 5 nitrogen and oxygen atoms in total. The zero-order chi connectivity index (χ0) is 10.2. The van der Waals surface area contributed by atoms with Crippen molar-refractivity contribution in [2.24, 2.45) is 5.14 Å². The lowest BCUT2D eigenvalue weighted by Gasteiger charge is -2.01. The summed E-state index contributed by atoms with van der Waals surface area (Å²) >= 11 is 0. The summed E-state index contributed by atoms with van der Waals surface area (Å²) in [4.78, 5) is 7.72. The first-order valence-electron chi connectivity index (χ1n) is 3.81. The van der Waals surface area contributed by atoms with Crippen LogP contribution in [0.3, 0.4) is 0 Å². The van der Waals surface area contributed by atoms with Gasteiger partial charge in [-0.3, -0.25) is 4.98 Å². The molecule has 72 valence electrons. The maximum atomic E-state index is 11.1. The molecule has 2 aromatic heterocycles. The van der Waals surface area contributed by atoms with Crippen molar-refractivity contribution in [3.05, 3.63) is 30.6 Å². The first-order chi connectivity index (χ1) is 6.59. The Hall–Kier alpha value is -1.53. The number of nitrogens with two attached hydrogens (primary N) is 1. The molecule has 0 aromatic carbocycles. The number of fused-ring (bicyclic) bond motifs is 1. The fourth-order valence-electron chi connectivity index (χ4n) is 1.20. The molecule has 0 amide bonds. The highest BCUT2D eigenvalue weighted by Gasteiger charge is 2.13. The van der Waals surface area contributed by atoms with Crippen LogP contribution >= 0.6 is 0 Å². The first kappa shape index (κ1) is 9.04. The quantitative estimate of drug-likeness (QED) is 0.730. The van der Waals surface area contributed by atoms with Crippen molar-refractivity contribution in [2.75, 3.05) is 0 Å². The second-order valence-corrected chi connectivity index (χ2v) is 4.21. The minimum atomic E-state index is -3.78. The Morgan fingerprint density at radius 2 is 1.93 bits per heavy atom. The Labute approximate surface area is 80.7 Å². The number of hydrogen-bond acceptors (Lipinski definition) is 4. The third-order valence-corrected chi connectivity index (χ3v) is 2.63. The largest absolute Gasteiger partial charge is 0.256 e. The molecule has 0 atom stereocenters. The molecule has 6 heteroatoms. The molecule has 0 aliphatic heterocycles. The third-order valence-electron chi connectivity index (χ3n) is 1.76. The van der Waals surface area contributed by atoms with Gasteiger partial charge in [0.15, 0.2) is 5.03 Å². The zero-order valence-electron chi connectivity index (χ0n) is 7.08. The summed E-state index contributed by atoms with van der Waals surface area (Å²) in [5, 5.41) is 5.31. The number of aromatic nitrogens is 2. The molecule has 0 spiro atoms. The van der Waals surface area contributed by atoms with Crippen LogP contribution in [0.5, 0.6) is 0 Å². The summed E-state index contributed by atoms with van der Waals surface area (Å²) in [5.41, 5.74) is 0.562. The van der Waals surface area contributed by atoms with Crippen molar-refractivity contribution in [1.29, 1.82) is 0 Å². The van der Waals surface area contributed by atoms with Gasteiger partial charge in [0.05, 0.1) is 5.52 Å². The van der Waals surface area contributed by atoms with Crippen LogP contribution in [-0.4, -0.2) is 18.4 Å². The van der Waals surface area contributed by atoms with Gasteiger partial charge in [-0.05, 0) is 18.2 Å². The van der Waals surface area contributed by atoms with E-state index in [1.54, 1.807) is 24.4 Å². The van der Waals surface area contributed by atoms with Crippen LogP contribution in [0.1, 0.15) is 0 Å². The number of hydrogen-bond donors (Lipinski definition) is 1. The Kier molecular flexibility index (Phi) is 1.94. The standard InChI is InChI=1S/C8H7N3O2S/c9-14(12,13)8-6-2-1-4-10-7(6)3-5-11-8/h1-5H,(H2,9,12,13). The fourth-order valence-corrected chi connectivity index (χ4v) is 1.89. The molecule has 14 heavy (non-hydrogen) atoms. The lowest BCUT2D eigenvalue weighted by atomic mass is 10.3. The van der Waals surface area contributed by atoms with Crippen LogP contribution < -0.4 is 5.14 Å². The summed E-state index contributed by atoms with van der Waals surface area (Å²) in [6, 6.07) is 4.89. The molecule has 0 saturated carbocycles. The lowest BCUT2D eigenvalue weighted by Crippen LogP contribution is -2.14. The summed E-state index contributed by atoms with van der Waals surface area (Å²) in [6.07, 6.45) is 2.95. The SMILES string of the molecule is NS(=O)(=O)c1nccc2ncccc12. The molecular formula is C8H7N3O2S. The van der Waals surface area contributed by atoms with Gasteiger partial charge < -0.3 is 0 Å². The topological polar surface area (TPSA) is 85.9 Å². The maximum absolute atomic E-state index is 11.1. The van der Waals surface area contributed by atoms with E-state index in [1.807, 2.05) is 0 Å². The molecule has 2 heterocycles. The highest BCUT2D eigenvalue weighted by atomic mass is 32.2. The van der Waals surface area contributed by atoms with Crippen LogP contribution in [0.4, 0.5) is 0 Å². The minimum Gasteiger partial charge on any atom is -0.256 e. The van der Waals surface area contributed by atoms with Crippen LogP contribution in [0.2, 0.25) is 0 Å². The van der Waals surface area contributed by atoms with E-state index in [0.717, 1.165) is 0 Å². The Balaban J connectivity index is 2.92. The third kappa shape index (κ3) is 1.45. The van der Waals surface area contributed by atoms with Gasteiger partial charge in [-0.1, -0.05) is 0 Å². The molecule has 2 N–H and O–H groups in total. The summed E-state index contributed by atoms with van der Waals surface area (Å²) in [7, 11) is -3.78. The number of rotatable bonds is 1. The summed E-state index contributed by atoms with van der Waals surface area (Å²) < 4.78 is 22.3. The Morgan fingerprint density at radius 1 is 1.14 bits per heavy atom. The molecular weight excluding hydrogens is 202 g/mol. The molecule has 0 aliphatic rings. The molecule has 0 bridgehead atoms. The van der Waals surface area contributed by atoms with Crippen molar-refractivity contribution in [2.45, 2.75) is 5.03 Å². The van der Waals surface area contributed by atoms with Crippen molar-refractivity contribution in [3.63, 3.8) is 0 Å². The molecule has 0 aliphatic carbocycles. The zero-order valence-corrected chi connectivity index (χ0v) is 7.90. The molecule has 0 radical (unpaired) electrons. The number of primary sulfonamides is 1. The van der Waals surface area contributed by atoms with Gasteiger partial charge in [-0.15, -0.1) is 0 Å². The van der Waals surface area contributed by atoms with E-state index < -0.39 is 10.0 Å². The molecule has 2 aromatic rings. The highest BCUT2D eigenvalue weighted by molar-refractivity contribution is 7.89. The average Bonchev–Trinajstić information content (AvgIpc) is 2.15. The van der Waals surface area contributed by atoms with Gasteiger partial charge in [0, 0.05) is 17.8 Å². The average molecular weight is 209 g/mol. The van der Waals surface area contributed by atoms with Crippen molar-refractivity contribution < 1.29 is 8.42 Å². The number of nitrogens with zero attached hydrogens (tertiary/aromatic N) is 2. The lowest BCUT2D eigenvalue weighted by molar-refractivity contribution is 0.595. The Morgan fingerprint density at radius 3 is 2.64 bits per heavy atom. The highest BCUT2D eigenvalue weighted by Crippen LogP contribution is 2.16. The summed E-state index contributed by atoms with van der Waals surface area (Å²) in [5.74, 6) is 0. The predicted octanol–water partition coefficient (Wildman–Crippen LogP) is 0.277. The van der Waals surface area contributed by atoms with Crippen LogP contribution in [-0.2, 0) is 10.0 Å². The van der Waals surface area contributed by atoms with Crippen molar-refractivity contribution >= 4 is 20.9 Å². The van der Waals surface area contributed by atoms with E-state index in [-0.39, 0.29) is 5.03 Å². The fraction of sp³-hybridized carbons (Fsp3) is 0. The van der Waals surface area contributed by atoms with Gasteiger partial charge >= 0.3 is 0 Å². The van der Waals surface area contributed by atoms with Crippen molar-refractivity contribution in [3.8, 4) is 0 Å². The van der Waals surface area contributed by atoms with Crippen LogP contribution in [0, 0.1) is 0 Å². The minimum absolute atomic E-state index is 0.136. The molecule has 0 saturated heterocycles. The first-order valence-corrected chi connectivity index (χ1v) is 5.36. The normalized spacial score (nSPS) is 11.8. The molecule has 2 rings (SSSR count). The van der Waals surface area contributed by atoms with Gasteiger partial charge in [0.1, 0.15) is 0 Å². The van der Waals surface area contributed by atoms with E-state index in [1.165, 1.54) is 6.20 Å². The van der Waals surface area contributed by atoms with E-state index in [2.05, 4.69) is 9.97 Å². The van der Waals surface area contributed by atoms with Crippen LogP contribution in [0.25, 0.3) is 10.9 Å². The molecule has 0 unspecified atom stereocenters. The van der Waals surface area contributed by atoms with Crippen molar-refractivity contribution in [1.82, 2.24) is 9.97 Å². The van der Waals surface area contributed by atoms with E-state index in [0.29, 0.717) is 10.9 Å². The Bertz CT molecular complexity index is 575. The van der Waals surface area contributed by atoms with Crippen LogP contribution in [0.15, 0.2) is 35.6 Å². The molecule has 0 fully saturated rings. The van der Waals surface area contributed by atoms with Gasteiger partial charge in [-0.25, -0.2) is 18.5 Å². The van der Waals surface area contributed by atoms with Gasteiger partial charge in [0.25, 0.3) is 10.0 Å². The monoisotopic (exact) mass is 209 g/mol. The van der Waals surface area contributed by atoms with E-state index in [4.69, 9.17) is 5.14 Å².